The smallest absolute Gasteiger partial charge is 0.167 e. The van der Waals surface area contributed by atoms with Crippen molar-refractivity contribution in [2.75, 3.05) is 0 Å². The van der Waals surface area contributed by atoms with Crippen molar-refractivity contribution in [1.82, 2.24) is 15.0 Å². The molecule has 5 heteroatoms. The zero-order valence-electron chi connectivity index (χ0n) is 26.7. The molecule has 0 radical (unpaired) electrons. The molecule has 0 bridgehead atoms. The van der Waals surface area contributed by atoms with Gasteiger partial charge in [-0.25, -0.2) is 15.0 Å². The Morgan fingerprint density at radius 1 is 0.300 bits per heavy atom. The SMILES string of the molecule is c1ccc(-c2ccc(-c3ccc4oc5c(-c6nc(-c7ccccc7)nc(-c7cccc8c7oc7ccccc78)n6)cccc5c4c3)cc2)cc1. The maximum atomic E-state index is 6.59. The number of para-hydroxylation sites is 3. The van der Waals surface area contributed by atoms with Gasteiger partial charge in [-0.15, -0.1) is 0 Å². The minimum Gasteiger partial charge on any atom is -0.455 e. The molecule has 3 heterocycles. The van der Waals surface area contributed by atoms with E-state index in [1.54, 1.807) is 0 Å². The number of nitrogens with zero attached hydrogens (tertiary/aromatic N) is 3. The summed E-state index contributed by atoms with van der Waals surface area (Å²) < 4.78 is 13.0. The van der Waals surface area contributed by atoms with Gasteiger partial charge in [0.05, 0.1) is 11.1 Å². The lowest BCUT2D eigenvalue weighted by molar-refractivity contribution is 0.669. The van der Waals surface area contributed by atoms with Gasteiger partial charge in [0.15, 0.2) is 17.5 Å². The van der Waals surface area contributed by atoms with Gasteiger partial charge in [-0.05, 0) is 52.6 Å². The fourth-order valence-corrected chi connectivity index (χ4v) is 6.90. The fraction of sp³-hybridized carbons (Fsp3) is 0. The van der Waals surface area contributed by atoms with Crippen molar-refractivity contribution in [3.8, 4) is 56.4 Å². The van der Waals surface area contributed by atoms with Crippen LogP contribution in [0.15, 0.2) is 173 Å². The Kier molecular flexibility index (Phi) is 6.42. The maximum Gasteiger partial charge on any atom is 0.167 e. The molecular formula is C45H27N3O2. The summed E-state index contributed by atoms with van der Waals surface area (Å²) in [6.45, 7) is 0. The monoisotopic (exact) mass is 641 g/mol. The largest absolute Gasteiger partial charge is 0.455 e. The predicted octanol–water partition coefficient (Wildman–Crippen LogP) is 12.0. The molecular weight excluding hydrogens is 615 g/mol. The summed E-state index contributed by atoms with van der Waals surface area (Å²) >= 11 is 0. The number of rotatable bonds is 5. The number of benzene rings is 7. The van der Waals surface area contributed by atoms with Crippen molar-refractivity contribution in [1.29, 1.82) is 0 Å². The molecule has 0 N–H and O–H groups in total. The van der Waals surface area contributed by atoms with Gasteiger partial charge in [-0.3, -0.25) is 0 Å². The Morgan fingerprint density at radius 3 is 1.42 bits per heavy atom. The van der Waals surface area contributed by atoms with Crippen LogP contribution in [0.1, 0.15) is 0 Å². The summed E-state index contributed by atoms with van der Waals surface area (Å²) in [5.41, 5.74) is 10.3. The molecule has 0 saturated carbocycles. The topological polar surface area (TPSA) is 65.0 Å². The first-order valence-electron chi connectivity index (χ1n) is 16.6. The summed E-state index contributed by atoms with van der Waals surface area (Å²) in [7, 11) is 0. The van der Waals surface area contributed by atoms with Gasteiger partial charge in [-0.1, -0.05) is 133 Å². The van der Waals surface area contributed by atoms with Gasteiger partial charge in [0.1, 0.15) is 22.3 Å². The van der Waals surface area contributed by atoms with Crippen LogP contribution in [0.25, 0.3) is 100 Å². The van der Waals surface area contributed by atoms with Crippen molar-refractivity contribution in [2.45, 2.75) is 0 Å². The van der Waals surface area contributed by atoms with Crippen LogP contribution < -0.4 is 0 Å². The molecule has 0 spiro atoms. The van der Waals surface area contributed by atoms with Crippen LogP contribution >= 0.6 is 0 Å². The fourth-order valence-electron chi connectivity index (χ4n) is 6.90. The van der Waals surface area contributed by atoms with Crippen molar-refractivity contribution in [3.63, 3.8) is 0 Å². The van der Waals surface area contributed by atoms with E-state index >= 15 is 0 Å². The highest BCUT2D eigenvalue weighted by Crippen LogP contribution is 2.39. The van der Waals surface area contributed by atoms with E-state index in [9.17, 15) is 0 Å². The number of furan rings is 2. The van der Waals surface area contributed by atoms with Crippen molar-refractivity contribution < 1.29 is 8.83 Å². The highest BCUT2D eigenvalue weighted by atomic mass is 16.3. The third-order valence-electron chi connectivity index (χ3n) is 9.38. The van der Waals surface area contributed by atoms with Crippen LogP contribution in [0, 0.1) is 0 Å². The van der Waals surface area contributed by atoms with Crippen molar-refractivity contribution >= 4 is 43.9 Å². The third kappa shape index (κ3) is 4.67. The van der Waals surface area contributed by atoms with E-state index in [0.717, 1.165) is 71.7 Å². The zero-order valence-corrected chi connectivity index (χ0v) is 26.7. The Labute approximate surface area is 287 Å². The second-order valence-electron chi connectivity index (χ2n) is 12.4. The summed E-state index contributed by atoms with van der Waals surface area (Å²) in [6.07, 6.45) is 0. The maximum absolute atomic E-state index is 6.59. The number of hydrogen-bond donors (Lipinski definition) is 0. The van der Waals surface area contributed by atoms with Gasteiger partial charge >= 0.3 is 0 Å². The molecule has 234 valence electrons. The van der Waals surface area contributed by atoms with E-state index in [1.165, 1.54) is 11.1 Å². The molecule has 50 heavy (non-hydrogen) atoms. The van der Waals surface area contributed by atoms with Crippen LogP contribution in [-0.4, -0.2) is 15.0 Å². The van der Waals surface area contributed by atoms with Gasteiger partial charge < -0.3 is 8.83 Å². The van der Waals surface area contributed by atoms with E-state index < -0.39 is 0 Å². The second-order valence-corrected chi connectivity index (χ2v) is 12.4. The summed E-state index contributed by atoms with van der Waals surface area (Å²) in [5.74, 6) is 1.64. The Morgan fingerprint density at radius 2 is 0.760 bits per heavy atom. The van der Waals surface area contributed by atoms with Crippen molar-refractivity contribution in [3.05, 3.63) is 164 Å². The molecule has 10 aromatic rings. The minimum atomic E-state index is 0.531. The minimum absolute atomic E-state index is 0.531. The van der Waals surface area contributed by atoms with Gasteiger partial charge in [0.2, 0.25) is 0 Å². The lowest BCUT2D eigenvalue weighted by atomic mass is 9.99. The molecule has 0 atom stereocenters. The van der Waals surface area contributed by atoms with E-state index in [1.807, 2.05) is 78.9 Å². The molecule has 0 fully saturated rings. The van der Waals surface area contributed by atoms with E-state index in [4.69, 9.17) is 23.8 Å². The zero-order chi connectivity index (χ0) is 33.0. The first kappa shape index (κ1) is 28.2. The van der Waals surface area contributed by atoms with Crippen LogP contribution in [-0.2, 0) is 0 Å². The average molecular weight is 642 g/mol. The van der Waals surface area contributed by atoms with Crippen LogP contribution in [0.2, 0.25) is 0 Å². The number of aromatic nitrogens is 3. The lowest BCUT2D eigenvalue weighted by Crippen LogP contribution is -2.00. The van der Waals surface area contributed by atoms with Crippen molar-refractivity contribution in [2.24, 2.45) is 0 Å². The summed E-state index contributed by atoms with van der Waals surface area (Å²) in [4.78, 5) is 15.1. The first-order chi connectivity index (χ1) is 24.8. The molecule has 0 aliphatic carbocycles. The normalized spacial score (nSPS) is 11.6. The molecule has 0 aliphatic heterocycles. The average Bonchev–Trinajstić information content (AvgIpc) is 3.77. The molecule has 0 amide bonds. The Hall–Kier alpha value is -6.85. The number of hydrogen-bond acceptors (Lipinski definition) is 5. The Bertz CT molecular complexity index is 2850. The molecule has 7 aromatic carbocycles. The highest BCUT2D eigenvalue weighted by Gasteiger charge is 2.20. The first-order valence-corrected chi connectivity index (χ1v) is 16.6. The molecule has 0 aliphatic rings. The predicted molar refractivity (Wildman–Crippen MR) is 202 cm³/mol. The van der Waals surface area contributed by atoms with Crippen LogP contribution in [0.4, 0.5) is 0 Å². The van der Waals surface area contributed by atoms with E-state index in [-0.39, 0.29) is 0 Å². The number of fused-ring (bicyclic) bond motifs is 6. The molecule has 0 unspecified atom stereocenters. The van der Waals surface area contributed by atoms with E-state index in [0.29, 0.717) is 17.5 Å². The van der Waals surface area contributed by atoms with Gasteiger partial charge in [0, 0.05) is 27.1 Å². The molecule has 3 aromatic heterocycles. The van der Waals surface area contributed by atoms with Gasteiger partial charge in [-0.2, -0.15) is 0 Å². The highest BCUT2D eigenvalue weighted by molar-refractivity contribution is 6.11. The molecule has 10 rings (SSSR count). The van der Waals surface area contributed by atoms with Crippen LogP contribution in [0.3, 0.4) is 0 Å². The summed E-state index contributed by atoms with van der Waals surface area (Å²) in [5, 5.41) is 4.12. The third-order valence-corrected chi connectivity index (χ3v) is 9.38. The molecule has 5 nitrogen and oxygen atoms in total. The second kappa shape index (κ2) is 11.4. The quantitative estimate of drug-likeness (QED) is 0.187. The Balaban J connectivity index is 1.13. The van der Waals surface area contributed by atoms with E-state index in [2.05, 4.69) is 84.9 Å². The van der Waals surface area contributed by atoms with Crippen LogP contribution in [0.5, 0.6) is 0 Å². The van der Waals surface area contributed by atoms with Gasteiger partial charge in [0.25, 0.3) is 0 Å². The standard InChI is InChI=1S/C45H27N3O2/c1-3-11-28(12-4-1)29-21-23-30(24-22-29)32-25-26-40-38(27-32)35-17-10-19-37(42(35)50-40)45-47-43(31-13-5-2-6-14-31)46-44(48-45)36-18-9-16-34-33-15-7-8-20-39(33)49-41(34)36/h1-27H. The summed E-state index contributed by atoms with van der Waals surface area (Å²) in [6, 6.07) is 55.9. The lowest BCUT2D eigenvalue weighted by Gasteiger charge is -2.09. The molecule has 0 saturated heterocycles.